The van der Waals surface area contributed by atoms with E-state index in [4.69, 9.17) is 9.97 Å². The minimum absolute atomic E-state index is 0.00971. The van der Waals surface area contributed by atoms with Crippen LogP contribution in [0.2, 0.25) is 0 Å². The van der Waals surface area contributed by atoms with Crippen LogP contribution >= 0.6 is 0 Å². The van der Waals surface area contributed by atoms with E-state index in [1.54, 1.807) is 0 Å². The van der Waals surface area contributed by atoms with Gasteiger partial charge < -0.3 is 0 Å². The molecule has 196 valence electrons. The van der Waals surface area contributed by atoms with Crippen molar-refractivity contribution in [3.8, 4) is 28.2 Å². The van der Waals surface area contributed by atoms with Crippen LogP contribution in [0.3, 0.4) is 0 Å². The molecule has 0 aliphatic carbocycles. The zero-order valence-corrected chi connectivity index (χ0v) is 22.4. The molecule has 0 spiro atoms. The first kappa shape index (κ1) is 22.9. The summed E-state index contributed by atoms with van der Waals surface area (Å²) in [4.78, 5) is 23.3. The smallest absolute Gasteiger partial charge is 0.263 e. The Balaban J connectivity index is 1.21. The molecule has 0 unspecified atom stereocenters. The molecule has 0 atom stereocenters. The average molecular weight is 539 g/mol. The minimum Gasteiger partial charge on any atom is -0.292 e. The standard InChI is InChI=1S/C37H22N4O/c42-37-29-11-5-4-10-27(29)34-35-28(20-21-38-34)30-22-25(18-19-32(30)41(35)37)23-14-16-24(17-15-23)36-39-31-12-6-7-13-33(31)40(36)26-8-2-1-3-9-26/h1-22H. The van der Waals surface area contributed by atoms with E-state index in [-0.39, 0.29) is 5.56 Å². The molecule has 0 fully saturated rings. The van der Waals surface area contributed by atoms with E-state index < -0.39 is 0 Å². The van der Waals surface area contributed by atoms with E-state index in [0.717, 1.165) is 71.9 Å². The van der Waals surface area contributed by atoms with Crippen LogP contribution in [0.1, 0.15) is 0 Å². The van der Waals surface area contributed by atoms with Crippen molar-refractivity contribution in [2.45, 2.75) is 0 Å². The molecule has 0 bridgehead atoms. The van der Waals surface area contributed by atoms with Crippen molar-refractivity contribution in [2.75, 3.05) is 0 Å². The number of benzene rings is 5. The quantitative estimate of drug-likeness (QED) is 0.213. The molecule has 42 heavy (non-hydrogen) atoms. The number of para-hydroxylation sites is 3. The van der Waals surface area contributed by atoms with Gasteiger partial charge in [0, 0.05) is 39.0 Å². The van der Waals surface area contributed by atoms with Crippen LogP contribution in [0.15, 0.2) is 138 Å². The third-order valence-corrected chi connectivity index (χ3v) is 8.34. The molecule has 0 amide bonds. The Hall–Kier alpha value is -5.81. The number of hydrogen-bond donors (Lipinski definition) is 0. The highest BCUT2D eigenvalue weighted by Gasteiger charge is 2.18. The molecule has 0 saturated carbocycles. The zero-order valence-electron chi connectivity index (χ0n) is 22.4. The van der Waals surface area contributed by atoms with Crippen molar-refractivity contribution < 1.29 is 0 Å². The zero-order chi connectivity index (χ0) is 27.8. The fraction of sp³-hybridized carbons (Fsp3) is 0. The van der Waals surface area contributed by atoms with E-state index in [2.05, 4.69) is 89.5 Å². The fourth-order valence-corrected chi connectivity index (χ4v) is 6.42. The van der Waals surface area contributed by atoms with Gasteiger partial charge in [0.15, 0.2) is 0 Å². The third kappa shape index (κ3) is 3.16. The second kappa shape index (κ2) is 8.59. The number of aromatic nitrogens is 4. The van der Waals surface area contributed by atoms with Crippen LogP contribution in [0.5, 0.6) is 0 Å². The second-order valence-corrected chi connectivity index (χ2v) is 10.6. The molecule has 5 nitrogen and oxygen atoms in total. The van der Waals surface area contributed by atoms with Gasteiger partial charge in [-0.2, -0.15) is 0 Å². The lowest BCUT2D eigenvalue weighted by Crippen LogP contribution is -2.13. The molecule has 5 heteroatoms. The van der Waals surface area contributed by atoms with E-state index in [0.29, 0.717) is 5.39 Å². The van der Waals surface area contributed by atoms with Crippen molar-refractivity contribution in [1.82, 2.24) is 18.9 Å². The average Bonchev–Trinajstić information content (AvgIpc) is 3.61. The monoisotopic (exact) mass is 538 g/mol. The van der Waals surface area contributed by atoms with Gasteiger partial charge in [-0.25, -0.2) is 4.98 Å². The highest BCUT2D eigenvalue weighted by atomic mass is 16.1. The highest BCUT2D eigenvalue weighted by Crippen LogP contribution is 2.36. The van der Waals surface area contributed by atoms with Crippen LogP contribution in [-0.4, -0.2) is 18.9 Å². The van der Waals surface area contributed by atoms with Crippen molar-refractivity contribution >= 4 is 49.1 Å². The first-order valence-corrected chi connectivity index (χ1v) is 14.0. The Bertz CT molecular complexity index is 2530. The first-order valence-electron chi connectivity index (χ1n) is 14.0. The number of hydrogen-bond acceptors (Lipinski definition) is 3. The Labute approximate surface area is 239 Å². The van der Waals surface area contributed by atoms with E-state index in [9.17, 15) is 4.79 Å². The molecule has 0 aliphatic rings. The molecule has 4 aromatic heterocycles. The summed E-state index contributed by atoms with van der Waals surface area (Å²) in [7, 11) is 0. The second-order valence-electron chi connectivity index (χ2n) is 10.6. The summed E-state index contributed by atoms with van der Waals surface area (Å²) in [5.41, 5.74) is 8.97. The number of rotatable bonds is 3. The van der Waals surface area contributed by atoms with Gasteiger partial charge in [0.2, 0.25) is 0 Å². The molecule has 4 heterocycles. The molecule has 9 rings (SSSR count). The van der Waals surface area contributed by atoms with Crippen LogP contribution in [-0.2, 0) is 0 Å². The number of fused-ring (bicyclic) bond motifs is 6. The summed E-state index contributed by atoms with van der Waals surface area (Å²) in [6.07, 6.45) is 1.84. The molecular formula is C37H22N4O. The molecule has 0 radical (unpaired) electrons. The topological polar surface area (TPSA) is 52.2 Å². The van der Waals surface area contributed by atoms with Gasteiger partial charge in [-0.3, -0.25) is 18.7 Å². The number of nitrogens with zero attached hydrogens (tertiary/aromatic N) is 4. The van der Waals surface area contributed by atoms with E-state index in [1.807, 2.05) is 53.1 Å². The Morgan fingerprint density at radius 3 is 2.12 bits per heavy atom. The van der Waals surface area contributed by atoms with Crippen LogP contribution in [0, 0.1) is 0 Å². The Kier molecular flexibility index (Phi) is 4.70. The van der Waals surface area contributed by atoms with E-state index in [1.165, 1.54) is 0 Å². The summed E-state index contributed by atoms with van der Waals surface area (Å²) in [6.45, 7) is 0. The lowest BCUT2D eigenvalue weighted by molar-refractivity contribution is 1.10. The minimum atomic E-state index is -0.00971. The summed E-state index contributed by atoms with van der Waals surface area (Å²) in [6, 6.07) is 43.3. The highest BCUT2D eigenvalue weighted by molar-refractivity contribution is 6.19. The summed E-state index contributed by atoms with van der Waals surface area (Å²) in [5, 5.41) is 3.65. The lowest BCUT2D eigenvalue weighted by Gasteiger charge is -2.10. The van der Waals surface area contributed by atoms with Gasteiger partial charge in [-0.15, -0.1) is 0 Å². The van der Waals surface area contributed by atoms with Crippen LogP contribution in [0.4, 0.5) is 0 Å². The maximum Gasteiger partial charge on any atom is 0.263 e. The molecule has 9 aromatic rings. The Morgan fingerprint density at radius 1 is 0.548 bits per heavy atom. The largest absolute Gasteiger partial charge is 0.292 e. The van der Waals surface area contributed by atoms with Crippen molar-refractivity contribution in [3.63, 3.8) is 0 Å². The summed E-state index contributed by atoms with van der Waals surface area (Å²) >= 11 is 0. The SMILES string of the molecule is O=c1c2ccccc2c2nccc3c4cc(-c5ccc(-c6nc7ccccc7n6-c6ccccc6)cc5)ccc4n1c32. The number of imidazole rings is 1. The van der Waals surface area contributed by atoms with Crippen molar-refractivity contribution in [1.29, 1.82) is 0 Å². The van der Waals surface area contributed by atoms with Crippen LogP contribution in [0.25, 0.3) is 77.3 Å². The van der Waals surface area contributed by atoms with Crippen molar-refractivity contribution in [2.24, 2.45) is 0 Å². The third-order valence-electron chi connectivity index (χ3n) is 8.34. The van der Waals surface area contributed by atoms with Gasteiger partial charge in [0.1, 0.15) is 5.82 Å². The maximum atomic E-state index is 13.6. The molecule has 0 aliphatic heterocycles. The predicted octanol–water partition coefficient (Wildman–Crippen LogP) is 8.26. The van der Waals surface area contributed by atoms with Gasteiger partial charge in [0.05, 0.1) is 27.6 Å². The molecule has 5 aromatic carbocycles. The fourth-order valence-electron chi connectivity index (χ4n) is 6.42. The van der Waals surface area contributed by atoms with Gasteiger partial charge in [0.25, 0.3) is 5.56 Å². The normalized spacial score (nSPS) is 11.9. The summed E-state index contributed by atoms with van der Waals surface area (Å²) < 4.78 is 4.05. The first-order chi connectivity index (χ1) is 20.8. The molecule has 0 saturated heterocycles. The number of pyridine rings is 2. The summed E-state index contributed by atoms with van der Waals surface area (Å²) in [5.74, 6) is 0.906. The van der Waals surface area contributed by atoms with E-state index >= 15 is 0 Å². The Morgan fingerprint density at radius 2 is 1.26 bits per heavy atom. The van der Waals surface area contributed by atoms with Crippen molar-refractivity contribution in [3.05, 3.63) is 144 Å². The van der Waals surface area contributed by atoms with Crippen LogP contribution < -0.4 is 5.56 Å². The van der Waals surface area contributed by atoms with Gasteiger partial charge >= 0.3 is 0 Å². The predicted molar refractivity (Wildman–Crippen MR) is 171 cm³/mol. The van der Waals surface area contributed by atoms with Gasteiger partial charge in [-0.1, -0.05) is 78.9 Å². The van der Waals surface area contributed by atoms with Gasteiger partial charge in [-0.05, 0) is 59.7 Å². The lowest BCUT2D eigenvalue weighted by atomic mass is 10.0. The maximum absolute atomic E-state index is 13.6. The molecule has 0 N–H and O–H groups in total. The molecular weight excluding hydrogens is 516 g/mol.